The van der Waals surface area contributed by atoms with Crippen molar-refractivity contribution in [1.82, 2.24) is 14.7 Å². The Kier molecular flexibility index (Phi) is 7.56. The molecule has 198 valence electrons. The molecule has 0 radical (unpaired) electrons. The molecule has 1 aliphatic heterocycles. The second kappa shape index (κ2) is 11.2. The number of methoxy groups -OCH3 is 1. The number of nitrogens with zero attached hydrogens (tertiary/aromatic N) is 4. The van der Waals surface area contributed by atoms with Crippen LogP contribution in [0.4, 0.5) is 0 Å². The summed E-state index contributed by atoms with van der Waals surface area (Å²) >= 11 is 12.7. The number of benzene rings is 3. The number of carbonyl (C=O) groups is 2. The van der Waals surface area contributed by atoms with E-state index in [1.54, 1.807) is 60.3 Å². The lowest BCUT2D eigenvalue weighted by molar-refractivity contribution is -0.141. The first-order valence-electron chi connectivity index (χ1n) is 12.2. The molecule has 1 aromatic heterocycles. The summed E-state index contributed by atoms with van der Waals surface area (Å²) in [6.07, 6.45) is 3.44. The molecule has 0 fully saturated rings. The van der Waals surface area contributed by atoms with Crippen LogP contribution in [0.2, 0.25) is 10.0 Å². The number of para-hydroxylation sites is 1. The Labute approximate surface area is 241 Å². The average molecular weight is 569 g/mol. The number of carbonyl (C=O) groups excluding carboxylic acids is 2. The molecule has 0 spiro atoms. The summed E-state index contributed by atoms with van der Waals surface area (Å²) in [6, 6.07) is 23.7. The number of imide groups is 1. The molecule has 5 rings (SSSR count). The van der Waals surface area contributed by atoms with E-state index >= 15 is 0 Å². The number of ether oxygens (including phenoxy) is 1. The Morgan fingerprint density at radius 3 is 2.38 bits per heavy atom. The van der Waals surface area contributed by atoms with Gasteiger partial charge in [0.25, 0.3) is 11.8 Å². The Hall–Kier alpha value is -4.64. The zero-order chi connectivity index (χ0) is 28.4. The monoisotopic (exact) mass is 568 g/mol. The van der Waals surface area contributed by atoms with Crippen molar-refractivity contribution < 1.29 is 14.3 Å². The topological polar surface area (TPSA) is 88.2 Å². The summed E-state index contributed by atoms with van der Waals surface area (Å²) < 4.78 is 6.99. The number of nitriles is 1. The fraction of sp³-hybridized carbons (Fsp3) is 0.0968. The van der Waals surface area contributed by atoms with Crippen molar-refractivity contribution in [2.75, 3.05) is 7.11 Å². The maximum absolute atomic E-state index is 13.8. The van der Waals surface area contributed by atoms with Gasteiger partial charge in [-0.15, -0.1) is 0 Å². The molecule has 0 bridgehead atoms. The van der Waals surface area contributed by atoms with Crippen molar-refractivity contribution in [2.24, 2.45) is 0 Å². The summed E-state index contributed by atoms with van der Waals surface area (Å²) in [5, 5.41) is 15.5. The van der Waals surface area contributed by atoms with E-state index in [9.17, 15) is 14.9 Å². The molecule has 7 nitrogen and oxygen atoms in total. The summed E-state index contributed by atoms with van der Waals surface area (Å²) in [5.41, 5.74) is 3.63. The highest BCUT2D eigenvalue weighted by Gasteiger charge is 2.36. The molecule has 40 heavy (non-hydrogen) atoms. The van der Waals surface area contributed by atoms with Crippen LogP contribution in [0, 0.1) is 11.3 Å². The van der Waals surface area contributed by atoms with Crippen LogP contribution in [-0.4, -0.2) is 33.6 Å². The minimum atomic E-state index is -0.663. The Bertz CT molecular complexity index is 1750. The molecule has 0 unspecified atom stereocenters. The highest BCUT2D eigenvalue weighted by atomic mass is 35.5. The molecule has 3 aromatic carbocycles. The van der Waals surface area contributed by atoms with Gasteiger partial charge in [-0.05, 0) is 60.5 Å². The zero-order valence-corrected chi connectivity index (χ0v) is 23.1. The minimum absolute atomic E-state index is 0.0721. The number of hydrogen-bond acceptors (Lipinski definition) is 5. The van der Waals surface area contributed by atoms with Crippen LogP contribution in [0.15, 0.2) is 95.7 Å². The molecule has 9 heteroatoms. The van der Waals surface area contributed by atoms with Gasteiger partial charge in [0.2, 0.25) is 0 Å². The Balaban J connectivity index is 1.67. The molecule has 2 amide bonds. The highest BCUT2D eigenvalue weighted by Crippen LogP contribution is 2.35. The molecule has 0 saturated carbocycles. The van der Waals surface area contributed by atoms with E-state index in [-0.39, 0.29) is 17.7 Å². The Morgan fingerprint density at radius 1 is 0.975 bits per heavy atom. The van der Waals surface area contributed by atoms with E-state index < -0.39 is 11.8 Å². The maximum atomic E-state index is 13.8. The van der Waals surface area contributed by atoms with Crippen molar-refractivity contribution in [3.63, 3.8) is 0 Å². The lowest BCUT2D eigenvalue weighted by Gasteiger charge is -2.27. The molecule has 0 N–H and O–H groups in total. The van der Waals surface area contributed by atoms with E-state index in [0.29, 0.717) is 43.8 Å². The quantitative estimate of drug-likeness (QED) is 0.192. The lowest BCUT2D eigenvalue weighted by Crippen LogP contribution is -2.42. The molecular formula is C31H22Cl2N4O3. The number of halogens is 2. The first kappa shape index (κ1) is 26.9. The summed E-state index contributed by atoms with van der Waals surface area (Å²) in [5.74, 6) is -0.682. The van der Waals surface area contributed by atoms with Gasteiger partial charge < -0.3 is 4.74 Å². The number of aromatic nitrogens is 2. The van der Waals surface area contributed by atoms with Gasteiger partial charge in [-0.3, -0.25) is 14.5 Å². The second-order valence-electron chi connectivity index (χ2n) is 9.02. The molecule has 0 atom stereocenters. The normalized spacial score (nSPS) is 14.6. The van der Waals surface area contributed by atoms with E-state index in [4.69, 9.17) is 33.0 Å². The van der Waals surface area contributed by atoms with Gasteiger partial charge in [-0.2, -0.15) is 10.4 Å². The van der Waals surface area contributed by atoms with Gasteiger partial charge in [0.1, 0.15) is 23.1 Å². The molecule has 2 heterocycles. The number of amides is 2. The van der Waals surface area contributed by atoms with Crippen LogP contribution in [0.5, 0.6) is 5.75 Å². The summed E-state index contributed by atoms with van der Waals surface area (Å²) in [6.45, 7) is 1.52. The highest BCUT2D eigenvalue weighted by molar-refractivity contribution is 6.32. The zero-order valence-electron chi connectivity index (χ0n) is 21.6. The van der Waals surface area contributed by atoms with Crippen LogP contribution < -0.4 is 4.74 Å². The molecule has 0 saturated heterocycles. The third-order valence-corrected chi connectivity index (χ3v) is 7.26. The standard InChI is InChI=1S/C31H22Cl2N4O3/c1-19-24(30(38)36(31(39)25(19)16-34)17-21-8-6-7-11-26(21)32)14-22-18-37(23-9-4-3-5-10-23)35-29(22)20-12-13-28(40-2)27(33)15-20/h3-15,18H,17H2,1-2H3/b24-14+. The summed E-state index contributed by atoms with van der Waals surface area (Å²) in [7, 11) is 1.53. The molecule has 1 aliphatic rings. The van der Waals surface area contributed by atoms with E-state index in [2.05, 4.69) is 0 Å². The third kappa shape index (κ3) is 5.03. The van der Waals surface area contributed by atoms with Crippen molar-refractivity contribution in [3.8, 4) is 28.8 Å². The second-order valence-corrected chi connectivity index (χ2v) is 9.83. The van der Waals surface area contributed by atoms with Crippen LogP contribution in [0.3, 0.4) is 0 Å². The van der Waals surface area contributed by atoms with Crippen LogP contribution in [-0.2, 0) is 16.1 Å². The van der Waals surface area contributed by atoms with Gasteiger partial charge in [0.05, 0.1) is 24.4 Å². The SMILES string of the molecule is COc1ccc(-c2nn(-c3ccccc3)cc2/C=C2/C(=O)N(Cc3ccccc3Cl)C(=O)C(C#N)=C2C)cc1Cl. The number of hydrogen-bond donors (Lipinski definition) is 0. The van der Waals surface area contributed by atoms with Crippen molar-refractivity contribution >= 4 is 41.1 Å². The van der Waals surface area contributed by atoms with Gasteiger partial charge in [-0.1, -0.05) is 59.6 Å². The van der Waals surface area contributed by atoms with E-state index in [1.807, 2.05) is 42.5 Å². The molecule has 0 aliphatic carbocycles. The fourth-order valence-corrected chi connectivity index (χ4v) is 4.92. The van der Waals surface area contributed by atoms with Gasteiger partial charge >= 0.3 is 0 Å². The van der Waals surface area contributed by atoms with Gasteiger partial charge in [-0.25, -0.2) is 4.68 Å². The predicted molar refractivity (Wildman–Crippen MR) is 154 cm³/mol. The van der Waals surface area contributed by atoms with Crippen molar-refractivity contribution in [1.29, 1.82) is 5.26 Å². The smallest absolute Gasteiger partial charge is 0.271 e. The van der Waals surface area contributed by atoms with E-state index in [0.717, 1.165) is 10.6 Å². The molecule has 4 aromatic rings. The summed E-state index contributed by atoms with van der Waals surface area (Å²) in [4.78, 5) is 28.0. The van der Waals surface area contributed by atoms with Crippen LogP contribution >= 0.6 is 23.2 Å². The van der Waals surface area contributed by atoms with E-state index in [1.165, 1.54) is 7.11 Å². The van der Waals surface area contributed by atoms with Gasteiger partial charge in [0, 0.05) is 27.9 Å². The lowest BCUT2D eigenvalue weighted by atomic mass is 9.93. The first-order chi connectivity index (χ1) is 19.3. The fourth-order valence-electron chi connectivity index (χ4n) is 4.47. The minimum Gasteiger partial charge on any atom is -0.495 e. The van der Waals surface area contributed by atoms with Crippen LogP contribution in [0.25, 0.3) is 23.0 Å². The maximum Gasteiger partial charge on any atom is 0.271 e. The molecular weight excluding hydrogens is 547 g/mol. The number of rotatable bonds is 6. The van der Waals surface area contributed by atoms with Crippen LogP contribution in [0.1, 0.15) is 18.1 Å². The average Bonchev–Trinajstić information content (AvgIpc) is 3.39. The first-order valence-corrected chi connectivity index (χ1v) is 13.0. The van der Waals surface area contributed by atoms with Gasteiger partial charge in [0.15, 0.2) is 0 Å². The predicted octanol–water partition coefficient (Wildman–Crippen LogP) is 6.65. The van der Waals surface area contributed by atoms with Crippen molar-refractivity contribution in [2.45, 2.75) is 13.5 Å². The largest absolute Gasteiger partial charge is 0.495 e. The Morgan fingerprint density at radius 2 is 1.70 bits per heavy atom. The third-order valence-electron chi connectivity index (χ3n) is 6.60. The van der Waals surface area contributed by atoms with Crippen molar-refractivity contribution in [3.05, 3.63) is 117 Å².